The van der Waals surface area contributed by atoms with Gasteiger partial charge in [0.1, 0.15) is 0 Å². The summed E-state index contributed by atoms with van der Waals surface area (Å²) in [5.74, 6) is -0.846. The Morgan fingerprint density at radius 3 is 2.09 bits per heavy atom. The number of aromatic nitrogens is 1. The third-order valence-corrected chi connectivity index (χ3v) is 9.58. The molecule has 0 bridgehead atoms. The van der Waals surface area contributed by atoms with Crippen LogP contribution in [-0.2, 0) is 11.4 Å². The van der Waals surface area contributed by atoms with Crippen molar-refractivity contribution < 1.29 is 14.4 Å². The van der Waals surface area contributed by atoms with E-state index in [0.29, 0.717) is 16.8 Å². The first-order valence-electron chi connectivity index (χ1n) is 7.44. The Morgan fingerprint density at radius 2 is 1.61 bits per heavy atom. The van der Waals surface area contributed by atoms with E-state index in [4.69, 9.17) is 4.84 Å². The van der Waals surface area contributed by atoms with E-state index in [-0.39, 0.29) is 6.61 Å². The van der Waals surface area contributed by atoms with Crippen molar-refractivity contribution in [1.29, 1.82) is 0 Å². The van der Waals surface area contributed by atoms with Gasteiger partial charge in [0.2, 0.25) is 0 Å². The Labute approximate surface area is 139 Å². The molecule has 118 valence electrons. The molecule has 23 heavy (non-hydrogen) atoms. The van der Waals surface area contributed by atoms with Gasteiger partial charge in [-0.1, -0.05) is 0 Å². The number of pyridine rings is 1. The van der Waals surface area contributed by atoms with Gasteiger partial charge in [0, 0.05) is 0 Å². The van der Waals surface area contributed by atoms with Crippen LogP contribution < -0.4 is 3.58 Å². The van der Waals surface area contributed by atoms with Gasteiger partial charge in [-0.05, 0) is 0 Å². The second-order valence-corrected chi connectivity index (χ2v) is 21.0. The standard InChI is InChI=1S/C14H9N2O3.3CH3.Sn/c17-13-11-6-1-2-7-12(11)14(18)16(13)19-9-10-5-3-4-8-15-10;;;;/h1-3,5-8H,9H2;3*1H3;. The zero-order valence-electron chi connectivity index (χ0n) is 13.4. The first-order valence-corrected chi connectivity index (χ1v) is 17.4. The maximum absolute atomic E-state index is 12.2. The van der Waals surface area contributed by atoms with Crippen molar-refractivity contribution >= 4 is 33.8 Å². The molecule has 2 aromatic rings. The fourth-order valence-electron chi connectivity index (χ4n) is 2.37. The number of fused-ring (bicyclic) bond motifs is 1. The van der Waals surface area contributed by atoms with Crippen molar-refractivity contribution in [3.05, 3.63) is 59.4 Å². The summed E-state index contributed by atoms with van der Waals surface area (Å²) in [6.07, 6.45) is 1.89. The summed E-state index contributed by atoms with van der Waals surface area (Å²) in [6.45, 7) is 0.0887. The van der Waals surface area contributed by atoms with Gasteiger partial charge in [-0.3, -0.25) is 0 Å². The van der Waals surface area contributed by atoms with Crippen molar-refractivity contribution in [2.45, 2.75) is 21.4 Å². The molecule has 0 saturated carbocycles. The molecule has 6 heteroatoms. The number of hydrogen-bond donors (Lipinski definition) is 0. The van der Waals surface area contributed by atoms with Gasteiger partial charge < -0.3 is 0 Å². The van der Waals surface area contributed by atoms with Gasteiger partial charge in [0.25, 0.3) is 0 Å². The van der Waals surface area contributed by atoms with Gasteiger partial charge in [-0.25, -0.2) is 0 Å². The molecule has 0 saturated heterocycles. The molecule has 0 spiro atoms. The molecule has 1 aromatic carbocycles. The summed E-state index contributed by atoms with van der Waals surface area (Å²) in [7, 11) is 0. The number of carbonyl (C=O) groups is 2. The summed E-state index contributed by atoms with van der Waals surface area (Å²) < 4.78 is 1.32. The monoisotopic (exact) mass is 418 g/mol. The van der Waals surface area contributed by atoms with Crippen molar-refractivity contribution in [1.82, 2.24) is 10.0 Å². The molecule has 0 fully saturated rings. The van der Waals surface area contributed by atoms with Crippen LogP contribution in [0.15, 0.2) is 42.6 Å². The molecule has 0 radical (unpaired) electrons. The third-order valence-electron chi connectivity index (χ3n) is 3.79. The first-order chi connectivity index (χ1) is 10.9. The van der Waals surface area contributed by atoms with Crippen molar-refractivity contribution in [3.8, 4) is 0 Å². The number of nitrogens with zero attached hydrogens (tertiary/aromatic N) is 2. The Bertz CT molecular complexity index is 731. The van der Waals surface area contributed by atoms with Crippen LogP contribution in [0.2, 0.25) is 14.8 Å². The van der Waals surface area contributed by atoms with Crippen LogP contribution in [0.1, 0.15) is 26.4 Å². The minimum absolute atomic E-state index is 0.0887. The average Bonchev–Trinajstić information content (AvgIpc) is 2.77. The van der Waals surface area contributed by atoms with E-state index in [1.54, 1.807) is 24.3 Å². The van der Waals surface area contributed by atoms with E-state index < -0.39 is 30.2 Å². The summed E-state index contributed by atoms with van der Waals surface area (Å²) in [5.41, 5.74) is 1.45. The topological polar surface area (TPSA) is 59.5 Å². The molecule has 2 heterocycles. The molecule has 0 aliphatic carbocycles. The number of benzene rings is 1. The molecule has 5 nitrogen and oxygen atoms in total. The molecule has 1 aliphatic rings. The predicted octanol–water partition coefficient (Wildman–Crippen LogP) is 2.35. The molecular weight excluding hydrogens is 399 g/mol. The fourth-order valence-corrected chi connectivity index (χ4v) is 5.32. The van der Waals surface area contributed by atoms with Crippen molar-refractivity contribution in [2.24, 2.45) is 0 Å². The quantitative estimate of drug-likeness (QED) is 0.567. The average molecular weight is 417 g/mol. The van der Waals surface area contributed by atoms with Gasteiger partial charge in [-0.2, -0.15) is 0 Å². The second kappa shape index (κ2) is 6.05. The van der Waals surface area contributed by atoms with Crippen molar-refractivity contribution in [2.75, 3.05) is 0 Å². The number of imide groups is 1. The van der Waals surface area contributed by atoms with Gasteiger partial charge >= 0.3 is 139 Å². The first kappa shape index (κ1) is 16.1. The van der Waals surface area contributed by atoms with Crippen LogP contribution in [0.25, 0.3) is 0 Å². The van der Waals surface area contributed by atoms with E-state index >= 15 is 0 Å². The van der Waals surface area contributed by atoms with E-state index in [1.165, 1.54) is 3.58 Å². The molecule has 1 aromatic heterocycles. The van der Waals surface area contributed by atoms with E-state index in [9.17, 15) is 9.59 Å². The van der Waals surface area contributed by atoms with Gasteiger partial charge in [0.15, 0.2) is 0 Å². The van der Waals surface area contributed by atoms with E-state index in [0.717, 1.165) is 5.06 Å². The second-order valence-electron chi connectivity index (χ2n) is 6.51. The van der Waals surface area contributed by atoms with Gasteiger partial charge in [0.05, 0.1) is 0 Å². The van der Waals surface area contributed by atoms with Crippen LogP contribution in [0.5, 0.6) is 0 Å². The van der Waals surface area contributed by atoms with Crippen LogP contribution in [0, 0.1) is 0 Å². The zero-order valence-corrected chi connectivity index (χ0v) is 16.2. The number of carbonyl (C=O) groups excluding carboxylic acids is 2. The molecule has 3 rings (SSSR count). The molecule has 1 aliphatic heterocycles. The molecule has 0 unspecified atom stereocenters. The molecular formula is C17H18N2O3Sn. The van der Waals surface area contributed by atoms with Gasteiger partial charge in [-0.15, -0.1) is 0 Å². The molecule has 2 amide bonds. The normalized spacial score (nSPS) is 14.3. The third kappa shape index (κ3) is 3.16. The molecule has 0 N–H and O–H groups in total. The number of amides is 2. The van der Waals surface area contributed by atoms with Crippen LogP contribution in [-0.4, -0.2) is 40.2 Å². The zero-order chi connectivity index (χ0) is 16.6. The predicted molar refractivity (Wildman–Crippen MR) is 88.9 cm³/mol. The summed E-state index contributed by atoms with van der Waals surface area (Å²) >= 11 is -2.12. The van der Waals surface area contributed by atoms with E-state index in [2.05, 4.69) is 25.9 Å². The Balaban J connectivity index is 1.70. The SMILES string of the molecule is [CH3][Sn]([CH3])([CH3])[c]1ccc(CON2C(=O)c3ccccc3C2=O)nc1. The Hall–Kier alpha value is -1.73. The Kier molecular flexibility index (Phi) is 4.24. The fraction of sp³-hybridized carbons (Fsp3) is 0.235. The van der Waals surface area contributed by atoms with Crippen LogP contribution in [0.3, 0.4) is 0 Å². The van der Waals surface area contributed by atoms with Crippen LogP contribution in [0.4, 0.5) is 0 Å². The number of hydrogen-bond acceptors (Lipinski definition) is 4. The molecule has 0 atom stereocenters. The maximum atomic E-state index is 12.2. The summed E-state index contributed by atoms with van der Waals surface area (Å²) in [4.78, 5) is 41.1. The number of rotatable bonds is 4. The van der Waals surface area contributed by atoms with Crippen LogP contribution >= 0.6 is 0 Å². The summed E-state index contributed by atoms with van der Waals surface area (Å²) in [5, 5.41) is 0.823. The Morgan fingerprint density at radius 1 is 1.00 bits per heavy atom. The number of hydroxylamine groups is 2. The van der Waals surface area contributed by atoms with E-state index in [1.807, 2.05) is 12.3 Å². The summed E-state index contributed by atoms with van der Waals surface area (Å²) in [6, 6.07) is 10.7. The van der Waals surface area contributed by atoms with Crippen molar-refractivity contribution in [3.63, 3.8) is 0 Å². The minimum atomic E-state index is -2.12.